The molecule has 0 heterocycles. The van der Waals surface area contributed by atoms with E-state index in [1.807, 2.05) is 7.05 Å². The van der Waals surface area contributed by atoms with Crippen LogP contribution in [0, 0.1) is 17.8 Å². The molecular weight excluding hydrogens is 168 g/mol. The van der Waals surface area contributed by atoms with Crippen molar-refractivity contribution in [1.82, 2.24) is 5.32 Å². The summed E-state index contributed by atoms with van der Waals surface area (Å²) >= 11 is 0. The third kappa shape index (κ3) is 2.79. The zero-order valence-corrected chi connectivity index (χ0v) is 9.72. The molecule has 0 saturated heterocycles. The lowest BCUT2D eigenvalue weighted by molar-refractivity contribution is 0.279. The van der Waals surface area contributed by atoms with Gasteiger partial charge in [-0.25, -0.2) is 0 Å². The SMILES string of the molecule is [B]C([B])(CC1C(C)CCC1CC)NC. The van der Waals surface area contributed by atoms with E-state index in [1.54, 1.807) is 0 Å². The lowest BCUT2D eigenvalue weighted by Crippen LogP contribution is -2.46. The number of hydrogen-bond donors (Lipinski definition) is 1. The summed E-state index contributed by atoms with van der Waals surface area (Å²) in [5.41, 5.74) is 0. The van der Waals surface area contributed by atoms with Crippen LogP contribution < -0.4 is 5.32 Å². The van der Waals surface area contributed by atoms with Gasteiger partial charge in [0.2, 0.25) is 0 Å². The van der Waals surface area contributed by atoms with Crippen LogP contribution in [-0.2, 0) is 0 Å². The molecule has 1 fully saturated rings. The summed E-state index contributed by atoms with van der Waals surface area (Å²) in [5, 5.41) is 2.31. The van der Waals surface area contributed by atoms with Gasteiger partial charge in [-0.3, -0.25) is 0 Å². The summed E-state index contributed by atoms with van der Waals surface area (Å²) < 4.78 is 0. The monoisotopic (exact) mass is 189 g/mol. The van der Waals surface area contributed by atoms with Crippen LogP contribution in [0.15, 0.2) is 0 Å². The summed E-state index contributed by atoms with van der Waals surface area (Å²) in [6.45, 7) is 4.59. The molecule has 0 aliphatic heterocycles. The van der Waals surface area contributed by atoms with E-state index in [0.29, 0.717) is 5.92 Å². The average molecular weight is 189 g/mol. The molecular formula is C11H21B2N. The van der Waals surface area contributed by atoms with Gasteiger partial charge in [0.25, 0.3) is 0 Å². The van der Waals surface area contributed by atoms with Crippen LogP contribution in [0.4, 0.5) is 0 Å². The van der Waals surface area contributed by atoms with Crippen molar-refractivity contribution in [1.29, 1.82) is 0 Å². The molecule has 1 aliphatic carbocycles. The van der Waals surface area contributed by atoms with Gasteiger partial charge in [-0.15, -0.1) is 0 Å². The maximum atomic E-state index is 5.94. The Morgan fingerprint density at radius 1 is 1.36 bits per heavy atom. The van der Waals surface area contributed by atoms with Gasteiger partial charge in [-0.2, -0.15) is 0 Å². The maximum absolute atomic E-state index is 5.94. The molecule has 3 atom stereocenters. The molecule has 0 spiro atoms. The van der Waals surface area contributed by atoms with Gasteiger partial charge in [0.15, 0.2) is 0 Å². The van der Waals surface area contributed by atoms with E-state index >= 15 is 0 Å². The van der Waals surface area contributed by atoms with Crippen LogP contribution >= 0.6 is 0 Å². The Hall–Kier alpha value is 0.0899. The van der Waals surface area contributed by atoms with E-state index in [1.165, 1.54) is 19.3 Å². The van der Waals surface area contributed by atoms with Gasteiger partial charge in [0, 0.05) is 0 Å². The second kappa shape index (κ2) is 4.74. The highest BCUT2D eigenvalue weighted by Crippen LogP contribution is 2.41. The van der Waals surface area contributed by atoms with Gasteiger partial charge in [-0.1, -0.05) is 32.0 Å². The molecule has 0 bridgehead atoms. The van der Waals surface area contributed by atoms with E-state index in [9.17, 15) is 0 Å². The van der Waals surface area contributed by atoms with E-state index in [2.05, 4.69) is 19.2 Å². The van der Waals surface area contributed by atoms with Crippen molar-refractivity contribution in [2.24, 2.45) is 17.8 Å². The van der Waals surface area contributed by atoms with Crippen molar-refractivity contribution in [2.45, 2.75) is 44.9 Å². The predicted octanol–water partition coefficient (Wildman–Crippen LogP) is 1.66. The first kappa shape index (κ1) is 12.2. The minimum atomic E-state index is -0.684. The van der Waals surface area contributed by atoms with Gasteiger partial charge in [0.1, 0.15) is 0 Å². The Kier molecular flexibility index (Phi) is 4.12. The summed E-state index contributed by atoms with van der Waals surface area (Å²) in [6, 6.07) is 0. The molecule has 1 saturated carbocycles. The molecule has 1 N–H and O–H groups in total. The van der Waals surface area contributed by atoms with Crippen molar-refractivity contribution in [3.05, 3.63) is 0 Å². The lowest BCUT2D eigenvalue weighted by Gasteiger charge is -2.33. The largest absolute Gasteiger partial charge is 0.331 e. The minimum absolute atomic E-state index is 0.684. The van der Waals surface area contributed by atoms with E-state index in [4.69, 9.17) is 15.7 Å². The second-order valence-electron chi connectivity index (χ2n) is 4.88. The van der Waals surface area contributed by atoms with Crippen molar-refractivity contribution >= 4 is 15.7 Å². The Morgan fingerprint density at radius 2 is 2.00 bits per heavy atom. The van der Waals surface area contributed by atoms with Crippen LogP contribution in [-0.4, -0.2) is 28.1 Å². The first-order chi connectivity index (χ1) is 6.50. The zero-order valence-electron chi connectivity index (χ0n) is 9.72. The Bertz CT molecular complexity index is 182. The van der Waals surface area contributed by atoms with Gasteiger partial charge >= 0.3 is 0 Å². The quantitative estimate of drug-likeness (QED) is 0.663. The zero-order chi connectivity index (χ0) is 10.8. The molecule has 1 aliphatic rings. The van der Waals surface area contributed by atoms with E-state index < -0.39 is 5.34 Å². The summed E-state index contributed by atoms with van der Waals surface area (Å²) in [4.78, 5) is 0. The predicted molar refractivity (Wildman–Crippen MR) is 63.6 cm³/mol. The van der Waals surface area contributed by atoms with Crippen LogP contribution in [0.2, 0.25) is 0 Å². The second-order valence-corrected chi connectivity index (χ2v) is 4.88. The molecule has 3 heteroatoms. The normalized spacial score (nSPS) is 33.5. The Morgan fingerprint density at radius 3 is 2.50 bits per heavy atom. The minimum Gasteiger partial charge on any atom is -0.331 e. The molecule has 4 radical (unpaired) electrons. The summed E-state index contributed by atoms with van der Waals surface area (Å²) in [5.74, 6) is 2.30. The standard InChI is InChI=1S/C11H21B2N/c1-4-9-6-5-8(2)10(9)7-11(12,13)14-3/h8-10,14H,4-7H2,1-3H3. The van der Waals surface area contributed by atoms with E-state index in [-0.39, 0.29) is 0 Å². The Labute approximate surface area is 91.2 Å². The molecule has 0 aromatic heterocycles. The lowest BCUT2D eigenvalue weighted by atomic mass is 9.56. The highest BCUT2D eigenvalue weighted by molar-refractivity contribution is 6.39. The van der Waals surface area contributed by atoms with Crippen LogP contribution in [0.25, 0.3) is 0 Å². The van der Waals surface area contributed by atoms with Crippen molar-refractivity contribution < 1.29 is 0 Å². The van der Waals surface area contributed by atoms with Crippen molar-refractivity contribution in [3.8, 4) is 0 Å². The van der Waals surface area contributed by atoms with Gasteiger partial charge < -0.3 is 5.32 Å². The molecule has 0 aromatic rings. The fourth-order valence-electron chi connectivity index (χ4n) is 2.74. The van der Waals surface area contributed by atoms with Crippen LogP contribution in [0.1, 0.15) is 39.5 Å². The number of nitrogens with one attached hydrogen (secondary N) is 1. The van der Waals surface area contributed by atoms with Gasteiger partial charge in [0.05, 0.1) is 15.7 Å². The molecule has 0 aromatic carbocycles. The first-order valence-electron chi connectivity index (χ1n) is 5.77. The molecule has 1 rings (SSSR count). The molecule has 3 unspecified atom stereocenters. The van der Waals surface area contributed by atoms with Crippen molar-refractivity contribution in [2.75, 3.05) is 7.05 Å². The average Bonchev–Trinajstić information content (AvgIpc) is 2.48. The fraction of sp³-hybridized carbons (Fsp3) is 1.00. The number of hydrogen-bond acceptors (Lipinski definition) is 1. The van der Waals surface area contributed by atoms with Gasteiger partial charge in [-0.05, 0) is 37.6 Å². The Balaban J connectivity index is 2.56. The molecule has 76 valence electrons. The summed E-state index contributed by atoms with van der Waals surface area (Å²) in [6.07, 6.45) is 4.84. The highest BCUT2D eigenvalue weighted by Gasteiger charge is 2.34. The highest BCUT2D eigenvalue weighted by atomic mass is 14.9. The third-order valence-corrected chi connectivity index (χ3v) is 3.89. The molecule has 14 heavy (non-hydrogen) atoms. The van der Waals surface area contributed by atoms with E-state index in [0.717, 1.165) is 18.3 Å². The van der Waals surface area contributed by atoms with Crippen molar-refractivity contribution in [3.63, 3.8) is 0 Å². The maximum Gasteiger partial charge on any atom is 0.0820 e. The van der Waals surface area contributed by atoms with Crippen LogP contribution in [0.5, 0.6) is 0 Å². The topological polar surface area (TPSA) is 12.0 Å². The van der Waals surface area contributed by atoms with Crippen LogP contribution in [0.3, 0.4) is 0 Å². The fourth-order valence-corrected chi connectivity index (χ4v) is 2.74. The third-order valence-electron chi connectivity index (χ3n) is 3.89. The smallest absolute Gasteiger partial charge is 0.0820 e. The summed E-state index contributed by atoms with van der Waals surface area (Å²) in [7, 11) is 13.7. The number of rotatable bonds is 4. The molecule has 0 amide bonds. The molecule has 1 nitrogen and oxygen atoms in total. The first-order valence-corrected chi connectivity index (χ1v) is 5.77.